The molecule has 0 saturated heterocycles. The highest BCUT2D eigenvalue weighted by molar-refractivity contribution is 7.99. The Bertz CT molecular complexity index is 920. The number of thioether (sulfide) groups is 1. The van der Waals surface area contributed by atoms with Crippen molar-refractivity contribution in [3.8, 4) is 11.5 Å². The highest BCUT2D eigenvalue weighted by Gasteiger charge is 2.15. The molecule has 0 aliphatic rings. The van der Waals surface area contributed by atoms with E-state index in [1.165, 1.54) is 0 Å². The Balaban J connectivity index is 1.57. The second kappa shape index (κ2) is 8.05. The number of aromatic amines is 1. The van der Waals surface area contributed by atoms with Gasteiger partial charge >= 0.3 is 6.03 Å². The van der Waals surface area contributed by atoms with Gasteiger partial charge in [0.05, 0.1) is 11.3 Å². The lowest BCUT2D eigenvalue weighted by Gasteiger charge is -2.11. The Morgan fingerprint density at radius 3 is 2.92 bits per heavy atom. The molecule has 3 rings (SSSR count). The Hall–Kier alpha value is -2.81. The number of urea groups is 1. The molecule has 2 heterocycles. The first-order valence-electron chi connectivity index (χ1n) is 8.20. The smallest absolute Gasteiger partial charge is 0.321 e. The molecule has 0 spiro atoms. The summed E-state index contributed by atoms with van der Waals surface area (Å²) in [5, 5.41) is 14.2. The minimum Gasteiger partial charge on any atom is -0.411 e. The molecule has 0 radical (unpaired) electrons. The van der Waals surface area contributed by atoms with E-state index in [0.29, 0.717) is 5.89 Å². The van der Waals surface area contributed by atoms with Gasteiger partial charge in [0.2, 0.25) is 5.91 Å². The lowest BCUT2D eigenvalue weighted by molar-refractivity contribution is -0.117. The monoisotopic (exact) mass is 373 g/mol. The maximum Gasteiger partial charge on any atom is 0.321 e. The van der Waals surface area contributed by atoms with E-state index in [9.17, 15) is 9.59 Å². The number of imide groups is 1. The Labute approximate surface area is 154 Å². The van der Waals surface area contributed by atoms with Gasteiger partial charge in [0.1, 0.15) is 0 Å². The molecule has 0 aliphatic heterocycles. The topological polar surface area (TPSA) is 113 Å². The fourth-order valence-electron chi connectivity index (χ4n) is 2.28. The van der Waals surface area contributed by atoms with Crippen LogP contribution in [0.2, 0.25) is 0 Å². The van der Waals surface area contributed by atoms with Gasteiger partial charge in [-0.05, 0) is 19.4 Å². The van der Waals surface area contributed by atoms with Gasteiger partial charge in [-0.2, -0.15) is 0 Å². The number of amides is 3. The van der Waals surface area contributed by atoms with Gasteiger partial charge in [-0.3, -0.25) is 10.1 Å². The van der Waals surface area contributed by atoms with Crippen LogP contribution in [0.25, 0.3) is 22.4 Å². The van der Waals surface area contributed by atoms with Gasteiger partial charge in [-0.25, -0.2) is 4.79 Å². The van der Waals surface area contributed by atoms with Crippen LogP contribution < -0.4 is 10.6 Å². The second-order valence-electron chi connectivity index (χ2n) is 5.74. The highest BCUT2D eigenvalue weighted by atomic mass is 32.2. The van der Waals surface area contributed by atoms with Crippen molar-refractivity contribution in [1.29, 1.82) is 0 Å². The van der Waals surface area contributed by atoms with Crippen LogP contribution in [-0.2, 0) is 4.79 Å². The third kappa shape index (κ3) is 4.23. The molecule has 2 aromatic heterocycles. The summed E-state index contributed by atoms with van der Waals surface area (Å²) < 4.78 is 5.61. The number of nitrogens with zero attached hydrogens (tertiary/aromatic N) is 2. The van der Waals surface area contributed by atoms with Crippen LogP contribution in [0.1, 0.15) is 20.3 Å². The summed E-state index contributed by atoms with van der Waals surface area (Å²) in [6.45, 7) is 3.81. The predicted octanol–water partition coefficient (Wildman–Crippen LogP) is 2.93. The molecule has 0 fully saturated rings. The molecule has 3 N–H and O–H groups in total. The van der Waals surface area contributed by atoms with E-state index in [0.717, 1.165) is 34.6 Å². The van der Waals surface area contributed by atoms with Crippen molar-refractivity contribution in [2.75, 3.05) is 5.75 Å². The van der Waals surface area contributed by atoms with Crippen molar-refractivity contribution in [2.24, 2.45) is 0 Å². The number of benzene rings is 1. The van der Waals surface area contributed by atoms with E-state index in [1.54, 1.807) is 6.20 Å². The van der Waals surface area contributed by atoms with E-state index in [1.807, 2.05) is 38.1 Å². The molecule has 0 saturated carbocycles. The molecule has 9 heteroatoms. The number of H-pyrrole nitrogens is 1. The molecular weight excluding hydrogens is 354 g/mol. The summed E-state index contributed by atoms with van der Waals surface area (Å²) in [6, 6.07) is 7.29. The van der Waals surface area contributed by atoms with E-state index < -0.39 is 11.9 Å². The minimum absolute atomic E-state index is 0.00342. The molecule has 26 heavy (non-hydrogen) atoms. The largest absolute Gasteiger partial charge is 0.411 e. The number of para-hydroxylation sites is 1. The maximum atomic E-state index is 11.8. The molecule has 136 valence electrons. The fourth-order valence-corrected chi connectivity index (χ4v) is 2.84. The summed E-state index contributed by atoms with van der Waals surface area (Å²) in [7, 11) is 0. The standard InChI is InChI=1S/C17H19N5O3S/c1-3-10(2)19-16(24)20-14(23)9-26-17-22-21-15(25-17)12-8-18-13-7-5-4-6-11(12)13/h4-8,10,18H,3,9H2,1-2H3,(H2,19,20,23,24)/t10-/m1/s1. The Morgan fingerprint density at radius 2 is 2.12 bits per heavy atom. The van der Waals surface area contributed by atoms with Crippen molar-refractivity contribution in [1.82, 2.24) is 25.8 Å². The van der Waals surface area contributed by atoms with Crippen LogP contribution in [0.3, 0.4) is 0 Å². The Kier molecular flexibility index (Phi) is 5.57. The number of carbonyl (C=O) groups is 2. The van der Waals surface area contributed by atoms with Crippen molar-refractivity contribution in [2.45, 2.75) is 31.5 Å². The number of rotatable bonds is 6. The zero-order valence-corrected chi connectivity index (χ0v) is 15.2. The van der Waals surface area contributed by atoms with Crippen LogP contribution in [0, 0.1) is 0 Å². The minimum atomic E-state index is -0.505. The van der Waals surface area contributed by atoms with E-state index >= 15 is 0 Å². The lowest BCUT2D eigenvalue weighted by atomic mass is 10.2. The first-order chi connectivity index (χ1) is 12.6. The van der Waals surface area contributed by atoms with Crippen LogP contribution in [0.5, 0.6) is 0 Å². The van der Waals surface area contributed by atoms with Crippen molar-refractivity contribution in [3.05, 3.63) is 30.5 Å². The quantitative estimate of drug-likeness (QED) is 0.573. The van der Waals surface area contributed by atoms with Gasteiger partial charge in [0.15, 0.2) is 0 Å². The van der Waals surface area contributed by atoms with Crippen LogP contribution in [-0.4, -0.2) is 38.9 Å². The molecule has 3 aromatic rings. The first-order valence-corrected chi connectivity index (χ1v) is 9.18. The van der Waals surface area contributed by atoms with Crippen LogP contribution in [0.15, 0.2) is 40.1 Å². The zero-order chi connectivity index (χ0) is 18.5. The van der Waals surface area contributed by atoms with Gasteiger partial charge in [-0.1, -0.05) is 36.9 Å². The average molecular weight is 373 g/mol. The predicted molar refractivity (Wildman–Crippen MR) is 98.7 cm³/mol. The first kappa shape index (κ1) is 18.0. The van der Waals surface area contributed by atoms with E-state index in [-0.39, 0.29) is 17.0 Å². The molecule has 3 amide bonds. The number of aromatic nitrogens is 3. The second-order valence-corrected chi connectivity index (χ2v) is 6.67. The summed E-state index contributed by atoms with van der Waals surface area (Å²) in [5.74, 6) is -0.0498. The summed E-state index contributed by atoms with van der Waals surface area (Å²) >= 11 is 1.08. The fraction of sp³-hybridized carbons (Fsp3) is 0.294. The van der Waals surface area contributed by atoms with Gasteiger partial charge in [0, 0.05) is 23.1 Å². The molecule has 0 bridgehead atoms. The number of hydrogen-bond donors (Lipinski definition) is 3. The summed E-state index contributed by atoms with van der Waals surface area (Å²) in [6.07, 6.45) is 2.59. The summed E-state index contributed by atoms with van der Waals surface area (Å²) in [4.78, 5) is 26.6. The third-order valence-electron chi connectivity index (χ3n) is 3.80. The third-order valence-corrected chi connectivity index (χ3v) is 4.61. The Morgan fingerprint density at radius 1 is 1.31 bits per heavy atom. The normalized spacial score (nSPS) is 12.1. The molecule has 1 atom stereocenters. The SMILES string of the molecule is CC[C@@H](C)NC(=O)NC(=O)CSc1nnc(-c2c[nH]c3ccccc23)o1. The van der Waals surface area contributed by atoms with Crippen LogP contribution >= 0.6 is 11.8 Å². The summed E-state index contributed by atoms with van der Waals surface area (Å²) in [5.41, 5.74) is 1.78. The van der Waals surface area contributed by atoms with Crippen molar-refractivity contribution < 1.29 is 14.0 Å². The van der Waals surface area contributed by atoms with E-state index in [4.69, 9.17) is 4.42 Å². The highest BCUT2D eigenvalue weighted by Crippen LogP contribution is 2.29. The number of fused-ring (bicyclic) bond motifs is 1. The van der Waals surface area contributed by atoms with Gasteiger partial charge in [-0.15, -0.1) is 10.2 Å². The van der Waals surface area contributed by atoms with Crippen LogP contribution in [0.4, 0.5) is 4.79 Å². The zero-order valence-electron chi connectivity index (χ0n) is 14.4. The molecule has 8 nitrogen and oxygen atoms in total. The number of hydrogen-bond acceptors (Lipinski definition) is 6. The molecule has 1 aromatic carbocycles. The van der Waals surface area contributed by atoms with E-state index in [2.05, 4.69) is 25.8 Å². The van der Waals surface area contributed by atoms with Gasteiger partial charge in [0.25, 0.3) is 11.1 Å². The molecule has 0 unspecified atom stereocenters. The molecular formula is C17H19N5O3S. The number of carbonyl (C=O) groups excluding carboxylic acids is 2. The lowest BCUT2D eigenvalue weighted by Crippen LogP contribution is -2.43. The number of nitrogens with one attached hydrogen (secondary N) is 3. The maximum absolute atomic E-state index is 11.8. The van der Waals surface area contributed by atoms with Crippen molar-refractivity contribution >= 4 is 34.6 Å². The average Bonchev–Trinajstić information content (AvgIpc) is 3.26. The van der Waals surface area contributed by atoms with Gasteiger partial charge < -0.3 is 14.7 Å². The molecule has 0 aliphatic carbocycles. The van der Waals surface area contributed by atoms with Crippen molar-refractivity contribution in [3.63, 3.8) is 0 Å².